The van der Waals surface area contributed by atoms with Crippen molar-refractivity contribution in [2.75, 3.05) is 20.1 Å². The minimum absolute atomic E-state index is 0.347. The van der Waals surface area contributed by atoms with E-state index in [1.165, 1.54) is 0 Å². The average molecular weight is 172 g/mol. The molecule has 1 saturated heterocycles. The van der Waals surface area contributed by atoms with E-state index in [9.17, 15) is 4.79 Å². The van der Waals surface area contributed by atoms with E-state index in [2.05, 4.69) is 5.32 Å². The maximum atomic E-state index is 10.8. The lowest BCUT2D eigenvalue weighted by Gasteiger charge is -2.27. The minimum atomic E-state index is 0.347. The predicted octanol–water partition coefficient (Wildman–Crippen LogP) is 0.156. The van der Waals surface area contributed by atoms with Crippen LogP contribution in [0.1, 0.15) is 12.8 Å². The number of nitrogens with zero attached hydrogens (tertiary/aromatic N) is 1. The Morgan fingerprint density at radius 3 is 2.55 bits per heavy atom. The Balaban J connectivity index is 2.39. The number of ketones is 1. The summed E-state index contributed by atoms with van der Waals surface area (Å²) in [6.07, 6.45) is 1.28. The molecule has 0 radical (unpaired) electrons. The van der Waals surface area contributed by atoms with Gasteiger partial charge >= 0.3 is 0 Å². The molecule has 62 valence electrons. The van der Waals surface area contributed by atoms with Crippen molar-refractivity contribution in [1.82, 2.24) is 10.2 Å². The molecule has 3 nitrogen and oxygen atoms in total. The van der Waals surface area contributed by atoms with Crippen molar-refractivity contribution in [2.24, 2.45) is 0 Å². The maximum Gasteiger partial charge on any atom is 0.168 e. The second-order valence-corrected chi connectivity index (χ2v) is 2.97. The number of piperidine rings is 1. The average Bonchev–Trinajstić information content (AvgIpc) is 2.05. The number of Topliss-reactive ketones (excluding diaryl/α,β-unsaturated/α-hetero) is 1. The van der Waals surface area contributed by atoms with Gasteiger partial charge in [0.25, 0.3) is 0 Å². The molecule has 0 aliphatic carbocycles. The molecule has 1 heterocycles. The van der Waals surface area contributed by atoms with Crippen LogP contribution in [0.25, 0.3) is 0 Å². The van der Waals surface area contributed by atoms with Crippen LogP contribution < -0.4 is 5.32 Å². The molecule has 0 amide bonds. The summed E-state index contributed by atoms with van der Waals surface area (Å²) in [7, 11) is 1.80. The fraction of sp³-hybridized carbons (Fsp3) is 0.714. The lowest BCUT2D eigenvalue weighted by Crippen LogP contribution is -2.43. The summed E-state index contributed by atoms with van der Waals surface area (Å²) >= 11 is 5.02. The first kappa shape index (κ1) is 8.46. The zero-order valence-electron chi connectivity index (χ0n) is 6.59. The van der Waals surface area contributed by atoms with Crippen LogP contribution in [0, 0.1) is 0 Å². The Labute approximate surface area is 71.8 Å². The Kier molecular flexibility index (Phi) is 2.82. The Morgan fingerprint density at radius 1 is 1.55 bits per heavy atom. The van der Waals surface area contributed by atoms with Crippen LogP contribution in [-0.2, 0) is 4.79 Å². The molecular weight excluding hydrogens is 160 g/mol. The van der Waals surface area contributed by atoms with Crippen molar-refractivity contribution in [3.63, 3.8) is 0 Å². The van der Waals surface area contributed by atoms with Gasteiger partial charge in [-0.15, -0.1) is 0 Å². The number of carbonyl (C=O) groups is 1. The third-order valence-electron chi connectivity index (χ3n) is 1.82. The van der Waals surface area contributed by atoms with Gasteiger partial charge in [0.1, 0.15) is 5.78 Å². The summed E-state index contributed by atoms with van der Waals surface area (Å²) in [5.41, 5.74) is 0. The topological polar surface area (TPSA) is 32.3 Å². The van der Waals surface area contributed by atoms with Gasteiger partial charge in [-0.2, -0.15) is 0 Å². The number of hydrogen-bond acceptors (Lipinski definition) is 2. The molecule has 0 unspecified atom stereocenters. The summed E-state index contributed by atoms with van der Waals surface area (Å²) in [6.45, 7) is 1.55. The lowest BCUT2D eigenvalue weighted by molar-refractivity contribution is -0.120. The monoisotopic (exact) mass is 172 g/mol. The summed E-state index contributed by atoms with van der Waals surface area (Å²) in [4.78, 5) is 12.9. The molecule has 1 rings (SSSR count). The zero-order chi connectivity index (χ0) is 8.27. The first-order chi connectivity index (χ1) is 5.24. The number of hydrogen-bond donors (Lipinski definition) is 1. The number of thiocarbonyl (C=S) groups is 1. The van der Waals surface area contributed by atoms with Crippen molar-refractivity contribution in [2.45, 2.75) is 12.8 Å². The van der Waals surface area contributed by atoms with Crippen LogP contribution in [-0.4, -0.2) is 35.9 Å². The predicted molar refractivity (Wildman–Crippen MR) is 47.5 cm³/mol. The third kappa shape index (κ3) is 2.15. The number of nitrogens with one attached hydrogen (secondary N) is 1. The lowest BCUT2D eigenvalue weighted by atomic mass is 10.1. The minimum Gasteiger partial charge on any atom is -0.366 e. The highest BCUT2D eigenvalue weighted by molar-refractivity contribution is 7.80. The molecule has 1 N–H and O–H groups in total. The number of likely N-dealkylation sites (tertiary alicyclic amines) is 1. The standard InChI is InChI=1S/C7H12N2OS/c1-8-7(11)9-4-2-6(10)3-5-9/h2-5H2,1H3,(H,8,11). The molecule has 0 aromatic heterocycles. The Bertz CT molecular complexity index is 171. The highest BCUT2D eigenvalue weighted by Gasteiger charge is 2.16. The van der Waals surface area contributed by atoms with Gasteiger partial charge in [0, 0.05) is 33.0 Å². The highest BCUT2D eigenvalue weighted by Crippen LogP contribution is 2.04. The first-order valence-electron chi connectivity index (χ1n) is 3.72. The second-order valence-electron chi connectivity index (χ2n) is 2.58. The molecule has 0 atom stereocenters. The summed E-state index contributed by atoms with van der Waals surface area (Å²) in [5, 5.41) is 3.64. The Hall–Kier alpha value is -0.640. The van der Waals surface area contributed by atoms with E-state index in [-0.39, 0.29) is 0 Å². The van der Waals surface area contributed by atoms with Crippen LogP contribution in [0.15, 0.2) is 0 Å². The van der Waals surface area contributed by atoms with Crippen LogP contribution in [0.5, 0.6) is 0 Å². The van der Waals surface area contributed by atoms with Gasteiger partial charge in [-0.3, -0.25) is 4.79 Å². The molecule has 4 heteroatoms. The Morgan fingerprint density at radius 2 is 2.09 bits per heavy atom. The molecule has 1 fully saturated rings. The van der Waals surface area contributed by atoms with Gasteiger partial charge in [0.15, 0.2) is 5.11 Å². The molecule has 1 aliphatic heterocycles. The largest absolute Gasteiger partial charge is 0.366 e. The van der Waals surface area contributed by atoms with E-state index in [4.69, 9.17) is 12.2 Å². The fourth-order valence-electron chi connectivity index (χ4n) is 1.12. The molecular formula is C7H12N2OS. The van der Waals surface area contributed by atoms with E-state index in [0.29, 0.717) is 18.6 Å². The normalized spacial score (nSPS) is 18.3. The third-order valence-corrected chi connectivity index (χ3v) is 2.28. The zero-order valence-corrected chi connectivity index (χ0v) is 7.41. The van der Waals surface area contributed by atoms with Crippen molar-refractivity contribution < 1.29 is 4.79 Å². The van der Waals surface area contributed by atoms with Gasteiger partial charge in [-0.1, -0.05) is 0 Å². The van der Waals surface area contributed by atoms with Crippen molar-refractivity contribution in [1.29, 1.82) is 0 Å². The molecule has 0 spiro atoms. The van der Waals surface area contributed by atoms with Crippen LogP contribution in [0.4, 0.5) is 0 Å². The number of carbonyl (C=O) groups excluding carboxylic acids is 1. The van der Waals surface area contributed by atoms with Gasteiger partial charge in [-0.25, -0.2) is 0 Å². The summed E-state index contributed by atoms with van der Waals surface area (Å²) in [5.74, 6) is 0.347. The summed E-state index contributed by atoms with van der Waals surface area (Å²) < 4.78 is 0. The molecule has 0 saturated carbocycles. The number of rotatable bonds is 0. The van der Waals surface area contributed by atoms with Gasteiger partial charge in [-0.05, 0) is 12.2 Å². The van der Waals surface area contributed by atoms with E-state index in [1.54, 1.807) is 7.05 Å². The highest BCUT2D eigenvalue weighted by atomic mass is 32.1. The van der Waals surface area contributed by atoms with Gasteiger partial charge in [0.05, 0.1) is 0 Å². The smallest absolute Gasteiger partial charge is 0.168 e. The van der Waals surface area contributed by atoms with Crippen molar-refractivity contribution in [3.05, 3.63) is 0 Å². The van der Waals surface area contributed by atoms with E-state index in [0.717, 1.165) is 18.2 Å². The summed E-state index contributed by atoms with van der Waals surface area (Å²) in [6, 6.07) is 0. The molecule has 1 aliphatic rings. The van der Waals surface area contributed by atoms with Crippen molar-refractivity contribution >= 4 is 23.1 Å². The molecule has 0 aromatic rings. The van der Waals surface area contributed by atoms with Crippen LogP contribution in [0.3, 0.4) is 0 Å². The van der Waals surface area contributed by atoms with Crippen molar-refractivity contribution in [3.8, 4) is 0 Å². The van der Waals surface area contributed by atoms with E-state index in [1.807, 2.05) is 4.90 Å². The van der Waals surface area contributed by atoms with Crippen LogP contribution in [0.2, 0.25) is 0 Å². The van der Waals surface area contributed by atoms with Gasteiger partial charge in [0.2, 0.25) is 0 Å². The van der Waals surface area contributed by atoms with E-state index >= 15 is 0 Å². The van der Waals surface area contributed by atoms with E-state index < -0.39 is 0 Å². The van der Waals surface area contributed by atoms with Crippen LogP contribution >= 0.6 is 12.2 Å². The molecule has 0 aromatic carbocycles. The fourth-order valence-corrected chi connectivity index (χ4v) is 1.30. The quantitative estimate of drug-likeness (QED) is 0.527. The SMILES string of the molecule is CNC(=S)N1CCC(=O)CC1. The molecule has 11 heavy (non-hydrogen) atoms. The molecule has 0 bridgehead atoms. The maximum absolute atomic E-state index is 10.8. The van der Waals surface area contributed by atoms with Gasteiger partial charge < -0.3 is 10.2 Å². The first-order valence-corrected chi connectivity index (χ1v) is 4.13. The second kappa shape index (κ2) is 3.67.